The SMILES string of the molecule is C1CCC(=C2CC3CCC(C2)N3)C1. The lowest BCUT2D eigenvalue weighted by atomic mass is 9.93. The number of hydrogen-bond donors (Lipinski definition) is 1. The van der Waals surface area contributed by atoms with Crippen LogP contribution < -0.4 is 5.32 Å². The zero-order valence-corrected chi connectivity index (χ0v) is 8.31. The highest BCUT2D eigenvalue weighted by molar-refractivity contribution is 5.22. The number of hydrogen-bond acceptors (Lipinski definition) is 1. The summed E-state index contributed by atoms with van der Waals surface area (Å²) in [4.78, 5) is 0. The maximum absolute atomic E-state index is 3.71. The Morgan fingerprint density at radius 3 is 2.08 bits per heavy atom. The molecular formula is C12H19N. The summed E-state index contributed by atoms with van der Waals surface area (Å²) in [6.45, 7) is 0. The van der Waals surface area contributed by atoms with Crippen molar-refractivity contribution in [1.82, 2.24) is 5.32 Å². The van der Waals surface area contributed by atoms with Gasteiger partial charge in [-0.2, -0.15) is 0 Å². The third-order valence-corrected chi connectivity index (χ3v) is 4.03. The molecule has 0 radical (unpaired) electrons. The van der Waals surface area contributed by atoms with Gasteiger partial charge in [0.05, 0.1) is 0 Å². The number of rotatable bonds is 0. The molecule has 3 aliphatic rings. The summed E-state index contributed by atoms with van der Waals surface area (Å²) in [5, 5.41) is 3.71. The lowest BCUT2D eigenvalue weighted by Gasteiger charge is -2.25. The molecule has 72 valence electrons. The van der Waals surface area contributed by atoms with Crippen molar-refractivity contribution in [3.05, 3.63) is 11.1 Å². The molecule has 1 N–H and O–H groups in total. The van der Waals surface area contributed by atoms with E-state index in [1.54, 1.807) is 0 Å². The first-order chi connectivity index (χ1) is 6.42. The minimum atomic E-state index is 0.849. The fourth-order valence-electron chi connectivity index (χ4n) is 3.35. The molecule has 1 heteroatoms. The Labute approximate surface area is 80.6 Å². The van der Waals surface area contributed by atoms with Crippen molar-refractivity contribution >= 4 is 0 Å². The molecule has 2 saturated heterocycles. The molecule has 1 nitrogen and oxygen atoms in total. The van der Waals surface area contributed by atoms with Crippen molar-refractivity contribution in [2.45, 2.75) is 63.5 Å². The van der Waals surface area contributed by atoms with E-state index in [1.807, 2.05) is 11.1 Å². The first-order valence-electron chi connectivity index (χ1n) is 5.87. The van der Waals surface area contributed by atoms with Crippen molar-refractivity contribution in [1.29, 1.82) is 0 Å². The first kappa shape index (κ1) is 8.05. The number of allylic oxidation sites excluding steroid dienone is 1. The summed E-state index contributed by atoms with van der Waals surface area (Å²) < 4.78 is 0. The predicted molar refractivity (Wildman–Crippen MR) is 54.7 cm³/mol. The van der Waals surface area contributed by atoms with Crippen molar-refractivity contribution in [2.24, 2.45) is 0 Å². The average Bonchev–Trinajstić information content (AvgIpc) is 2.75. The van der Waals surface area contributed by atoms with Crippen LogP contribution in [-0.4, -0.2) is 12.1 Å². The van der Waals surface area contributed by atoms with Crippen LogP contribution in [0.5, 0.6) is 0 Å². The Balaban J connectivity index is 1.81. The van der Waals surface area contributed by atoms with Gasteiger partial charge in [-0.1, -0.05) is 11.1 Å². The van der Waals surface area contributed by atoms with E-state index in [0.29, 0.717) is 0 Å². The van der Waals surface area contributed by atoms with Gasteiger partial charge in [0.2, 0.25) is 0 Å². The number of piperidine rings is 1. The Hall–Kier alpha value is -0.300. The summed E-state index contributed by atoms with van der Waals surface area (Å²) in [5.74, 6) is 0. The fourth-order valence-corrected chi connectivity index (χ4v) is 3.35. The van der Waals surface area contributed by atoms with E-state index in [-0.39, 0.29) is 0 Å². The summed E-state index contributed by atoms with van der Waals surface area (Å²) in [6.07, 6.45) is 11.4. The minimum Gasteiger partial charge on any atom is -0.311 e. The molecule has 0 amide bonds. The van der Waals surface area contributed by atoms with Gasteiger partial charge in [0, 0.05) is 12.1 Å². The van der Waals surface area contributed by atoms with Gasteiger partial charge in [0.25, 0.3) is 0 Å². The molecule has 1 saturated carbocycles. The number of nitrogens with one attached hydrogen (secondary N) is 1. The van der Waals surface area contributed by atoms with Gasteiger partial charge >= 0.3 is 0 Å². The molecule has 0 aromatic heterocycles. The Kier molecular flexibility index (Phi) is 1.93. The normalized spacial score (nSPS) is 38.8. The molecule has 3 rings (SSSR count). The van der Waals surface area contributed by atoms with Crippen molar-refractivity contribution in [2.75, 3.05) is 0 Å². The average molecular weight is 177 g/mol. The van der Waals surface area contributed by atoms with Gasteiger partial charge < -0.3 is 5.32 Å². The second-order valence-corrected chi connectivity index (χ2v) is 4.96. The molecule has 13 heavy (non-hydrogen) atoms. The third kappa shape index (κ3) is 1.43. The maximum Gasteiger partial charge on any atom is 0.0108 e. The van der Waals surface area contributed by atoms with Crippen LogP contribution in [0.3, 0.4) is 0 Å². The van der Waals surface area contributed by atoms with Gasteiger partial charge in [0.1, 0.15) is 0 Å². The fraction of sp³-hybridized carbons (Fsp3) is 0.833. The standard InChI is InChI=1S/C12H19N/c1-2-4-9(3-1)10-7-11-5-6-12(8-10)13-11/h11-13H,1-8H2. The monoisotopic (exact) mass is 177 g/mol. The lowest BCUT2D eigenvalue weighted by molar-refractivity contribution is 0.469. The van der Waals surface area contributed by atoms with Crippen molar-refractivity contribution < 1.29 is 0 Å². The third-order valence-electron chi connectivity index (χ3n) is 4.03. The van der Waals surface area contributed by atoms with Crippen LogP contribution in [0.4, 0.5) is 0 Å². The van der Waals surface area contributed by atoms with Crippen LogP contribution in [-0.2, 0) is 0 Å². The molecule has 0 aromatic carbocycles. The van der Waals surface area contributed by atoms with Gasteiger partial charge in [-0.15, -0.1) is 0 Å². The van der Waals surface area contributed by atoms with E-state index in [0.717, 1.165) is 12.1 Å². The summed E-state index contributed by atoms with van der Waals surface area (Å²) in [5.41, 5.74) is 3.70. The van der Waals surface area contributed by atoms with Crippen LogP contribution in [0.25, 0.3) is 0 Å². The number of fused-ring (bicyclic) bond motifs is 2. The topological polar surface area (TPSA) is 12.0 Å². The minimum absolute atomic E-state index is 0.849. The van der Waals surface area contributed by atoms with Crippen molar-refractivity contribution in [3.63, 3.8) is 0 Å². The quantitative estimate of drug-likeness (QED) is 0.561. The molecule has 0 aromatic rings. The van der Waals surface area contributed by atoms with E-state index >= 15 is 0 Å². The highest BCUT2D eigenvalue weighted by Crippen LogP contribution is 2.37. The highest BCUT2D eigenvalue weighted by Gasteiger charge is 2.31. The Morgan fingerprint density at radius 1 is 0.846 bits per heavy atom. The van der Waals surface area contributed by atoms with Crippen molar-refractivity contribution in [3.8, 4) is 0 Å². The summed E-state index contributed by atoms with van der Waals surface area (Å²) in [6, 6.07) is 1.70. The molecule has 1 aliphatic carbocycles. The zero-order valence-electron chi connectivity index (χ0n) is 8.31. The van der Waals surface area contributed by atoms with Crippen LogP contribution in [0.2, 0.25) is 0 Å². The van der Waals surface area contributed by atoms with Crippen LogP contribution in [0, 0.1) is 0 Å². The molecule has 3 fully saturated rings. The second-order valence-electron chi connectivity index (χ2n) is 4.96. The Bertz CT molecular complexity index is 220. The molecular weight excluding hydrogens is 158 g/mol. The zero-order chi connectivity index (χ0) is 8.67. The molecule has 0 spiro atoms. The van der Waals surface area contributed by atoms with E-state index in [2.05, 4.69) is 5.32 Å². The van der Waals surface area contributed by atoms with Gasteiger partial charge in [-0.05, 0) is 51.4 Å². The molecule has 2 heterocycles. The summed E-state index contributed by atoms with van der Waals surface area (Å²) >= 11 is 0. The molecule has 2 bridgehead atoms. The van der Waals surface area contributed by atoms with E-state index in [4.69, 9.17) is 0 Å². The van der Waals surface area contributed by atoms with Gasteiger partial charge in [-0.25, -0.2) is 0 Å². The Morgan fingerprint density at radius 2 is 1.46 bits per heavy atom. The first-order valence-corrected chi connectivity index (χ1v) is 5.87. The van der Waals surface area contributed by atoms with E-state index < -0.39 is 0 Å². The van der Waals surface area contributed by atoms with E-state index in [1.165, 1.54) is 51.4 Å². The predicted octanol–water partition coefficient (Wildman–Crippen LogP) is 2.77. The second kappa shape index (κ2) is 3.13. The van der Waals surface area contributed by atoms with Crippen LogP contribution >= 0.6 is 0 Å². The smallest absolute Gasteiger partial charge is 0.0108 e. The largest absolute Gasteiger partial charge is 0.311 e. The van der Waals surface area contributed by atoms with Crippen LogP contribution in [0.15, 0.2) is 11.1 Å². The maximum atomic E-state index is 3.71. The molecule has 2 aliphatic heterocycles. The molecule has 2 unspecified atom stereocenters. The van der Waals surface area contributed by atoms with Gasteiger partial charge in [-0.3, -0.25) is 0 Å². The van der Waals surface area contributed by atoms with E-state index in [9.17, 15) is 0 Å². The summed E-state index contributed by atoms with van der Waals surface area (Å²) in [7, 11) is 0. The van der Waals surface area contributed by atoms with Crippen LogP contribution in [0.1, 0.15) is 51.4 Å². The molecule has 2 atom stereocenters. The highest BCUT2D eigenvalue weighted by atomic mass is 15.0. The van der Waals surface area contributed by atoms with Gasteiger partial charge in [0.15, 0.2) is 0 Å². The lowest BCUT2D eigenvalue weighted by Crippen LogP contribution is -2.35.